The fourth-order valence-electron chi connectivity index (χ4n) is 4.02. The van der Waals surface area contributed by atoms with Gasteiger partial charge in [0.15, 0.2) is 23.2 Å². The molecule has 0 unspecified atom stereocenters. The molecule has 0 spiro atoms. The minimum atomic E-state index is -1.91. The number of benzene rings is 2. The monoisotopic (exact) mass is 582 g/mol. The van der Waals surface area contributed by atoms with Gasteiger partial charge in [0.05, 0.1) is 25.6 Å². The van der Waals surface area contributed by atoms with Gasteiger partial charge in [0.1, 0.15) is 12.6 Å². The fraction of sp³-hybridized carbons (Fsp3) is 0.370. The normalized spacial score (nSPS) is 15.9. The lowest BCUT2D eigenvalue weighted by Gasteiger charge is -2.24. The van der Waals surface area contributed by atoms with Gasteiger partial charge in [-0.3, -0.25) is 24.0 Å². The first-order chi connectivity index (χ1) is 19.4. The van der Waals surface area contributed by atoms with Crippen LogP contribution in [0.2, 0.25) is 0 Å². The number of carboxylic acids is 1. The van der Waals surface area contributed by atoms with Gasteiger partial charge in [-0.25, -0.2) is 8.78 Å². The highest BCUT2D eigenvalue weighted by atomic mass is 19.2. The van der Waals surface area contributed by atoms with Gasteiger partial charge < -0.3 is 24.8 Å². The summed E-state index contributed by atoms with van der Waals surface area (Å²) in [5.41, 5.74) is 1.47. The Morgan fingerprint density at radius 1 is 1.10 bits per heavy atom. The SMILES string of the molecule is Cc1ccccc1CC(=O)C(=O)N1CCOC[C@@H](C(=O)N[C@@H](CC(=O)O)C(=O)COc2c(F)c(F)cc(F)c2F)C1. The molecule has 10 nitrogen and oxygen atoms in total. The molecule has 2 amide bonds. The number of hydrogen-bond donors (Lipinski definition) is 2. The number of hydrogen-bond acceptors (Lipinski definition) is 7. The van der Waals surface area contributed by atoms with Crippen molar-refractivity contribution in [2.24, 2.45) is 5.92 Å². The highest BCUT2D eigenvalue weighted by molar-refractivity contribution is 6.36. The summed E-state index contributed by atoms with van der Waals surface area (Å²) in [5.74, 6) is -15.2. The number of Topliss-reactive ketones (excluding diaryl/α,β-unsaturated/α-hetero) is 2. The Labute approximate surface area is 231 Å². The third-order valence-corrected chi connectivity index (χ3v) is 6.29. The van der Waals surface area contributed by atoms with Gasteiger partial charge in [0, 0.05) is 25.6 Å². The van der Waals surface area contributed by atoms with E-state index >= 15 is 0 Å². The number of carbonyl (C=O) groups is 5. The van der Waals surface area contributed by atoms with Gasteiger partial charge in [0.2, 0.25) is 23.3 Å². The quantitative estimate of drug-likeness (QED) is 0.232. The molecule has 3 rings (SSSR count). The van der Waals surface area contributed by atoms with Gasteiger partial charge in [-0.1, -0.05) is 24.3 Å². The first-order valence-electron chi connectivity index (χ1n) is 12.3. The van der Waals surface area contributed by atoms with Crippen molar-refractivity contribution in [3.05, 3.63) is 64.7 Å². The van der Waals surface area contributed by atoms with Crippen molar-refractivity contribution in [2.75, 3.05) is 32.9 Å². The minimum Gasteiger partial charge on any atom is -0.481 e. The van der Waals surface area contributed by atoms with Gasteiger partial charge in [-0.15, -0.1) is 0 Å². The molecule has 14 heteroatoms. The number of nitrogens with one attached hydrogen (secondary N) is 1. The zero-order valence-corrected chi connectivity index (χ0v) is 21.8. The van der Waals surface area contributed by atoms with Crippen molar-refractivity contribution >= 4 is 29.4 Å². The van der Waals surface area contributed by atoms with Crippen molar-refractivity contribution in [1.29, 1.82) is 0 Å². The van der Waals surface area contributed by atoms with Gasteiger partial charge in [0.25, 0.3) is 5.91 Å². The van der Waals surface area contributed by atoms with Crippen LogP contribution in [0.5, 0.6) is 5.75 Å². The van der Waals surface area contributed by atoms with E-state index in [9.17, 15) is 46.6 Å². The lowest BCUT2D eigenvalue weighted by molar-refractivity contribution is -0.145. The summed E-state index contributed by atoms with van der Waals surface area (Å²) in [6.07, 6.45) is -1.13. The lowest BCUT2D eigenvalue weighted by atomic mass is 10.0. The molecule has 2 atom stereocenters. The Morgan fingerprint density at radius 3 is 2.39 bits per heavy atom. The van der Waals surface area contributed by atoms with Gasteiger partial charge >= 0.3 is 5.97 Å². The third kappa shape index (κ3) is 8.10. The number of ketones is 2. The zero-order chi connectivity index (χ0) is 30.3. The molecular formula is C27H26F4N2O8. The number of amides is 2. The number of carbonyl (C=O) groups excluding carboxylic acids is 4. The van der Waals surface area contributed by atoms with Crippen LogP contribution in [0, 0.1) is 36.1 Å². The number of aryl methyl sites for hydroxylation is 1. The fourth-order valence-corrected chi connectivity index (χ4v) is 4.02. The molecule has 1 saturated heterocycles. The van der Waals surface area contributed by atoms with Crippen LogP contribution in [0.4, 0.5) is 17.6 Å². The first kappa shape index (κ1) is 31.2. The average molecular weight is 583 g/mol. The van der Waals surface area contributed by atoms with Crippen LogP contribution in [0.1, 0.15) is 17.5 Å². The van der Waals surface area contributed by atoms with E-state index in [1.54, 1.807) is 31.2 Å². The topological polar surface area (TPSA) is 139 Å². The number of carboxylic acid groups (broad SMARTS) is 1. The number of halogens is 4. The van der Waals surface area contributed by atoms with Crippen LogP contribution in [-0.4, -0.2) is 78.3 Å². The predicted molar refractivity (Wildman–Crippen MR) is 132 cm³/mol. The van der Waals surface area contributed by atoms with Crippen LogP contribution in [0.15, 0.2) is 30.3 Å². The smallest absolute Gasteiger partial charge is 0.305 e. The molecule has 0 aromatic heterocycles. The Kier molecular flexibility index (Phi) is 10.5. The maximum absolute atomic E-state index is 13.8. The number of nitrogens with zero attached hydrogens (tertiary/aromatic N) is 1. The van der Waals surface area contributed by atoms with Crippen molar-refractivity contribution in [3.8, 4) is 5.75 Å². The van der Waals surface area contributed by atoms with Crippen LogP contribution >= 0.6 is 0 Å². The van der Waals surface area contributed by atoms with Crippen LogP contribution in [0.3, 0.4) is 0 Å². The molecular weight excluding hydrogens is 556 g/mol. The highest BCUT2D eigenvalue weighted by Gasteiger charge is 2.33. The third-order valence-electron chi connectivity index (χ3n) is 6.29. The molecule has 1 fully saturated rings. The van der Waals surface area contributed by atoms with E-state index in [0.717, 1.165) is 10.5 Å². The van der Waals surface area contributed by atoms with E-state index in [2.05, 4.69) is 10.1 Å². The molecule has 0 bridgehead atoms. The first-order valence-corrected chi connectivity index (χ1v) is 12.3. The van der Waals surface area contributed by atoms with E-state index in [1.807, 2.05) is 0 Å². The molecule has 1 aliphatic heterocycles. The molecule has 2 aromatic rings. The summed E-state index contributed by atoms with van der Waals surface area (Å²) in [5, 5.41) is 11.4. The van der Waals surface area contributed by atoms with Crippen LogP contribution in [0.25, 0.3) is 0 Å². The average Bonchev–Trinajstić information content (AvgIpc) is 3.18. The summed E-state index contributed by atoms with van der Waals surface area (Å²) in [4.78, 5) is 63.5. The second-order valence-electron chi connectivity index (χ2n) is 9.26. The van der Waals surface area contributed by atoms with E-state index in [4.69, 9.17) is 4.74 Å². The Hall–Kier alpha value is -4.33. The van der Waals surface area contributed by atoms with Crippen LogP contribution < -0.4 is 10.1 Å². The molecule has 0 radical (unpaired) electrons. The predicted octanol–water partition coefficient (Wildman–Crippen LogP) is 1.75. The van der Waals surface area contributed by atoms with Gasteiger partial charge in [-0.2, -0.15) is 8.78 Å². The Bertz CT molecular complexity index is 1330. The standard InChI is InChI=1S/C27H26F4N2O8/c1-14-4-2-3-5-15(14)8-20(34)27(39)33-6-7-40-12-16(11-33)26(38)32-19(10-22(36)37)21(35)13-41-25-23(30)17(28)9-18(29)24(25)31/h2-5,9,16,19H,6-8,10-13H2,1H3,(H,32,38)(H,36,37)/t16-,19-/m0/s1. The second kappa shape index (κ2) is 13.8. The van der Waals surface area contributed by atoms with Crippen molar-refractivity contribution < 1.29 is 56.1 Å². The van der Waals surface area contributed by atoms with Gasteiger partial charge in [-0.05, 0) is 18.1 Å². The molecule has 220 valence electrons. The molecule has 0 saturated carbocycles. The highest BCUT2D eigenvalue weighted by Crippen LogP contribution is 2.26. The molecule has 2 N–H and O–H groups in total. The van der Waals surface area contributed by atoms with E-state index in [-0.39, 0.29) is 38.8 Å². The number of aliphatic carboxylic acids is 1. The molecule has 2 aromatic carbocycles. The molecule has 1 aliphatic rings. The summed E-state index contributed by atoms with van der Waals surface area (Å²) < 4.78 is 64.5. The zero-order valence-electron chi connectivity index (χ0n) is 21.8. The maximum Gasteiger partial charge on any atom is 0.305 e. The van der Waals surface area contributed by atoms with Crippen molar-refractivity contribution in [3.63, 3.8) is 0 Å². The number of ether oxygens (including phenoxy) is 2. The number of rotatable bonds is 11. The minimum absolute atomic E-state index is 0.000186. The Morgan fingerprint density at radius 2 is 1.76 bits per heavy atom. The summed E-state index contributed by atoms with van der Waals surface area (Å²) in [6, 6.07) is 5.16. The molecule has 0 aliphatic carbocycles. The molecule has 41 heavy (non-hydrogen) atoms. The van der Waals surface area contributed by atoms with Crippen molar-refractivity contribution in [2.45, 2.75) is 25.8 Å². The van der Waals surface area contributed by atoms with Crippen molar-refractivity contribution in [1.82, 2.24) is 10.2 Å². The van der Waals surface area contributed by atoms with Crippen LogP contribution in [-0.2, 0) is 35.1 Å². The summed E-state index contributed by atoms with van der Waals surface area (Å²) in [6.45, 7) is 0.0258. The largest absolute Gasteiger partial charge is 0.481 e. The van der Waals surface area contributed by atoms with E-state index in [1.165, 1.54) is 0 Å². The second-order valence-corrected chi connectivity index (χ2v) is 9.26. The van der Waals surface area contributed by atoms with E-state index in [0.29, 0.717) is 5.56 Å². The van der Waals surface area contributed by atoms with E-state index < -0.39 is 83.4 Å². The Balaban J connectivity index is 1.67. The lowest BCUT2D eigenvalue weighted by Crippen LogP contribution is -2.50. The maximum atomic E-state index is 13.8. The molecule has 1 heterocycles. The summed E-state index contributed by atoms with van der Waals surface area (Å²) in [7, 11) is 0. The summed E-state index contributed by atoms with van der Waals surface area (Å²) >= 11 is 0.